The van der Waals surface area contributed by atoms with Crippen molar-refractivity contribution < 1.29 is 19.1 Å². The lowest BCUT2D eigenvalue weighted by Crippen LogP contribution is -2.20. The minimum Gasteiger partial charge on any atom is -0.493 e. The quantitative estimate of drug-likeness (QED) is 0.698. The minimum atomic E-state index is -0.280. The predicted molar refractivity (Wildman–Crippen MR) is 96.5 cm³/mol. The van der Waals surface area contributed by atoms with Gasteiger partial charge in [0.15, 0.2) is 18.1 Å². The number of anilines is 1. The fourth-order valence-corrected chi connectivity index (χ4v) is 2.54. The van der Waals surface area contributed by atoms with Gasteiger partial charge in [0, 0.05) is 16.6 Å². The lowest BCUT2D eigenvalue weighted by Gasteiger charge is -2.12. The molecule has 3 aromatic rings. The highest BCUT2D eigenvalue weighted by Gasteiger charge is 2.10. The average Bonchev–Trinajstić information content (AvgIpc) is 2.66. The Balaban J connectivity index is 1.70. The van der Waals surface area contributed by atoms with Crippen LogP contribution in [0.5, 0.6) is 11.5 Å². The van der Waals surface area contributed by atoms with Crippen molar-refractivity contribution in [3.63, 3.8) is 0 Å². The zero-order chi connectivity index (χ0) is 17.6. The Bertz CT molecular complexity index is 915. The highest BCUT2D eigenvalue weighted by molar-refractivity contribution is 6.02. The molecule has 0 atom stereocenters. The normalized spacial score (nSPS) is 10.3. The number of aldehydes is 1. The molecular formula is C20H17NO4. The number of methoxy groups -OCH3 is 1. The Morgan fingerprint density at radius 3 is 2.64 bits per heavy atom. The summed E-state index contributed by atoms with van der Waals surface area (Å²) in [5.74, 6) is 0.529. The van der Waals surface area contributed by atoms with E-state index in [9.17, 15) is 9.59 Å². The summed E-state index contributed by atoms with van der Waals surface area (Å²) < 4.78 is 10.7. The largest absolute Gasteiger partial charge is 0.493 e. The minimum absolute atomic E-state index is 0.167. The van der Waals surface area contributed by atoms with Gasteiger partial charge in [0.05, 0.1) is 7.11 Å². The van der Waals surface area contributed by atoms with Gasteiger partial charge in [-0.2, -0.15) is 0 Å². The van der Waals surface area contributed by atoms with E-state index in [-0.39, 0.29) is 12.5 Å². The van der Waals surface area contributed by atoms with E-state index in [2.05, 4.69) is 5.32 Å². The lowest BCUT2D eigenvalue weighted by atomic mass is 10.1. The monoisotopic (exact) mass is 335 g/mol. The van der Waals surface area contributed by atoms with Crippen LogP contribution < -0.4 is 14.8 Å². The first-order valence-corrected chi connectivity index (χ1v) is 7.75. The van der Waals surface area contributed by atoms with Crippen molar-refractivity contribution in [2.24, 2.45) is 0 Å². The fourth-order valence-electron chi connectivity index (χ4n) is 2.54. The number of fused-ring (bicyclic) bond motifs is 1. The number of ether oxygens (including phenoxy) is 2. The molecule has 0 aromatic heterocycles. The Kier molecular flexibility index (Phi) is 4.95. The zero-order valence-electron chi connectivity index (χ0n) is 13.7. The van der Waals surface area contributed by atoms with Gasteiger partial charge in [0.25, 0.3) is 5.91 Å². The van der Waals surface area contributed by atoms with Gasteiger partial charge < -0.3 is 14.8 Å². The number of hydrogen-bond acceptors (Lipinski definition) is 4. The Morgan fingerprint density at radius 1 is 1.04 bits per heavy atom. The third-order valence-electron chi connectivity index (χ3n) is 3.75. The molecule has 25 heavy (non-hydrogen) atoms. The number of nitrogens with one attached hydrogen (secondary N) is 1. The summed E-state index contributed by atoms with van der Waals surface area (Å²) in [5.41, 5.74) is 1.21. The molecule has 0 aliphatic carbocycles. The van der Waals surface area contributed by atoms with Crippen LogP contribution in [0.3, 0.4) is 0 Å². The summed E-state index contributed by atoms with van der Waals surface area (Å²) in [6, 6.07) is 18.3. The van der Waals surface area contributed by atoms with Crippen molar-refractivity contribution in [1.29, 1.82) is 0 Å². The summed E-state index contributed by atoms with van der Waals surface area (Å²) in [7, 11) is 1.48. The van der Waals surface area contributed by atoms with Crippen LogP contribution in [-0.4, -0.2) is 25.9 Å². The molecule has 0 fully saturated rings. The second-order valence-electron chi connectivity index (χ2n) is 5.39. The van der Waals surface area contributed by atoms with Crippen LogP contribution in [-0.2, 0) is 4.79 Å². The van der Waals surface area contributed by atoms with Crippen molar-refractivity contribution in [3.05, 3.63) is 66.2 Å². The molecule has 1 N–H and O–H groups in total. The maximum atomic E-state index is 12.2. The van der Waals surface area contributed by atoms with Crippen molar-refractivity contribution in [2.45, 2.75) is 0 Å². The van der Waals surface area contributed by atoms with Gasteiger partial charge in [-0.1, -0.05) is 36.4 Å². The smallest absolute Gasteiger partial charge is 0.262 e. The first kappa shape index (κ1) is 16.5. The molecule has 0 radical (unpaired) electrons. The Morgan fingerprint density at radius 2 is 1.84 bits per heavy atom. The van der Waals surface area contributed by atoms with Crippen molar-refractivity contribution >= 4 is 28.7 Å². The topological polar surface area (TPSA) is 64.6 Å². The van der Waals surface area contributed by atoms with Gasteiger partial charge in [0.2, 0.25) is 0 Å². The van der Waals surface area contributed by atoms with E-state index in [1.807, 2.05) is 42.5 Å². The van der Waals surface area contributed by atoms with E-state index < -0.39 is 0 Å². The van der Waals surface area contributed by atoms with Crippen LogP contribution >= 0.6 is 0 Å². The Labute approximate surface area is 145 Å². The molecular weight excluding hydrogens is 318 g/mol. The molecule has 0 unspecified atom stereocenters. The zero-order valence-corrected chi connectivity index (χ0v) is 13.7. The molecule has 5 heteroatoms. The SMILES string of the molecule is COc1cc(C=O)ccc1OCC(=O)Nc1cccc2ccccc12. The highest BCUT2D eigenvalue weighted by Crippen LogP contribution is 2.28. The van der Waals surface area contributed by atoms with Gasteiger partial charge in [-0.15, -0.1) is 0 Å². The summed E-state index contributed by atoms with van der Waals surface area (Å²) in [5, 5.41) is 4.87. The predicted octanol–water partition coefficient (Wildman–Crippen LogP) is 3.68. The number of rotatable bonds is 6. The first-order valence-electron chi connectivity index (χ1n) is 7.75. The molecule has 0 heterocycles. The summed E-state index contributed by atoms with van der Waals surface area (Å²) in [6.45, 7) is -0.167. The second kappa shape index (κ2) is 7.49. The number of benzene rings is 3. The summed E-state index contributed by atoms with van der Waals surface area (Å²) in [4.78, 5) is 23.0. The molecule has 126 valence electrons. The van der Waals surface area contributed by atoms with Crippen LogP contribution in [0.1, 0.15) is 10.4 Å². The van der Waals surface area contributed by atoms with Crippen molar-refractivity contribution in [2.75, 3.05) is 19.0 Å². The highest BCUT2D eigenvalue weighted by atomic mass is 16.5. The Hall–Kier alpha value is -3.34. The lowest BCUT2D eigenvalue weighted by molar-refractivity contribution is -0.118. The molecule has 0 saturated heterocycles. The summed E-state index contributed by atoms with van der Waals surface area (Å²) in [6.07, 6.45) is 0.722. The van der Waals surface area contributed by atoms with E-state index in [0.29, 0.717) is 17.1 Å². The van der Waals surface area contributed by atoms with Gasteiger partial charge in [0.1, 0.15) is 6.29 Å². The first-order chi connectivity index (χ1) is 12.2. The van der Waals surface area contributed by atoms with Gasteiger partial charge in [-0.05, 0) is 29.7 Å². The number of amides is 1. The molecule has 0 aliphatic heterocycles. The van der Waals surface area contributed by atoms with Gasteiger partial charge in [-0.3, -0.25) is 9.59 Å². The van der Waals surface area contributed by atoms with E-state index in [1.165, 1.54) is 7.11 Å². The number of hydrogen-bond donors (Lipinski definition) is 1. The standard InChI is InChI=1S/C20H17NO4/c1-24-19-11-14(12-22)9-10-18(19)25-13-20(23)21-17-8-4-6-15-5-2-3-7-16(15)17/h2-12H,13H2,1H3,(H,21,23). The summed E-state index contributed by atoms with van der Waals surface area (Å²) >= 11 is 0. The molecule has 0 bridgehead atoms. The number of carbonyl (C=O) groups is 2. The van der Waals surface area contributed by atoms with Crippen LogP contribution in [0.15, 0.2) is 60.7 Å². The van der Waals surface area contributed by atoms with E-state index in [0.717, 1.165) is 22.7 Å². The molecule has 0 aliphatic rings. The van der Waals surface area contributed by atoms with Crippen LogP contribution in [0.2, 0.25) is 0 Å². The second-order valence-corrected chi connectivity index (χ2v) is 5.39. The van der Waals surface area contributed by atoms with E-state index >= 15 is 0 Å². The van der Waals surface area contributed by atoms with Crippen LogP contribution in [0.25, 0.3) is 10.8 Å². The average molecular weight is 335 g/mol. The van der Waals surface area contributed by atoms with Crippen LogP contribution in [0, 0.1) is 0 Å². The van der Waals surface area contributed by atoms with Gasteiger partial charge >= 0.3 is 0 Å². The molecule has 0 spiro atoms. The maximum absolute atomic E-state index is 12.2. The molecule has 1 amide bonds. The van der Waals surface area contributed by atoms with Crippen molar-refractivity contribution in [3.8, 4) is 11.5 Å². The third-order valence-corrected chi connectivity index (χ3v) is 3.75. The fraction of sp³-hybridized carbons (Fsp3) is 0.100. The van der Waals surface area contributed by atoms with E-state index in [4.69, 9.17) is 9.47 Å². The third kappa shape index (κ3) is 3.77. The molecule has 5 nitrogen and oxygen atoms in total. The maximum Gasteiger partial charge on any atom is 0.262 e. The van der Waals surface area contributed by atoms with Crippen molar-refractivity contribution in [1.82, 2.24) is 0 Å². The van der Waals surface area contributed by atoms with E-state index in [1.54, 1.807) is 18.2 Å². The molecule has 3 rings (SSSR count). The number of carbonyl (C=O) groups excluding carboxylic acids is 2. The van der Waals surface area contributed by atoms with Gasteiger partial charge in [-0.25, -0.2) is 0 Å². The molecule has 3 aromatic carbocycles. The molecule has 0 saturated carbocycles. The van der Waals surface area contributed by atoms with Crippen LogP contribution in [0.4, 0.5) is 5.69 Å².